The summed E-state index contributed by atoms with van der Waals surface area (Å²) in [7, 11) is 0. The van der Waals surface area contributed by atoms with Gasteiger partial charge in [-0.1, -0.05) is 55.3 Å². The smallest absolute Gasteiger partial charge is 0.261 e. The number of amides is 2. The number of fused-ring (bicyclic) bond motifs is 1. The van der Waals surface area contributed by atoms with Crippen LogP contribution < -0.4 is 5.06 Å². The molecule has 2 aromatic carbocycles. The molecule has 0 aliphatic carbocycles. The molecular weight excluding hydrogens is 364 g/mol. The number of likely N-dealkylation sites (tertiary alicyclic amines) is 1. The Morgan fingerprint density at radius 2 is 1.70 bits per heavy atom. The Morgan fingerprint density at radius 3 is 2.37 bits per heavy atom. The summed E-state index contributed by atoms with van der Waals surface area (Å²) in [5.74, 6) is -0.938. The molecule has 2 saturated heterocycles. The van der Waals surface area contributed by atoms with Crippen molar-refractivity contribution in [3.8, 4) is 0 Å². The van der Waals surface area contributed by atoms with Crippen LogP contribution >= 0.6 is 11.6 Å². The van der Waals surface area contributed by atoms with Crippen LogP contribution in [0.4, 0.5) is 5.69 Å². The van der Waals surface area contributed by atoms with Crippen LogP contribution in [0.2, 0.25) is 5.02 Å². The van der Waals surface area contributed by atoms with Gasteiger partial charge >= 0.3 is 0 Å². The van der Waals surface area contributed by atoms with Gasteiger partial charge < -0.3 is 0 Å². The molecule has 0 saturated carbocycles. The third-order valence-electron chi connectivity index (χ3n) is 5.16. The summed E-state index contributed by atoms with van der Waals surface area (Å²) in [5, 5.41) is 2.31. The topological polar surface area (TPSA) is 49.9 Å². The van der Waals surface area contributed by atoms with Gasteiger partial charge in [0.25, 0.3) is 5.91 Å². The van der Waals surface area contributed by atoms with Gasteiger partial charge in [0.1, 0.15) is 5.92 Å². The molecule has 2 fully saturated rings. The summed E-state index contributed by atoms with van der Waals surface area (Å²) < 4.78 is 0. The van der Waals surface area contributed by atoms with Crippen LogP contribution in [0.3, 0.4) is 0 Å². The largest absolute Gasteiger partial charge is 0.280 e. The number of halogens is 1. The zero-order valence-electron chi connectivity index (χ0n) is 15.0. The molecule has 3 atom stereocenters. The number of rotatable bonds is 5. The van der Waals surface area contributed by atoms with Crippen LogP contribution in [0.1, 0.15) is 31.4 Å². The van der Waals surface area contributed by atoms with E-state index in [9.17, 15) is 9.59 Å². The van der Waals surface area contributed by atoms with E-state index in [4.69, 9.17) is 16.4 Å². The molecule has 0 bridgehead atoms. The van der Waals surface area contributed by atoms with Crippen molar-refractivity contribution in [2.75, 3.05) is 11.6 Å². The number of carbonyl (C=O) groups is 2. The van der Waals surface area contributed by atoms with Crippen molar-refractivity contribution in [3.05, 3.63) is 65.2 Å². The first-order valence-corrected chi connectivity index (χ1v) is 9.61. The Kier molecular flexibility index (Phi) is 4.89. The molecule has 27 heavy (non-hydrogen) atoms. The first kappa shape index (κ1) is 18.0. The van der Waals surface area contributed by atoms with Crippen LogP contribution in [-0.2, 0) is 14.4 Å². The minimum Gasteiger partial charge on any atom is -0.280 e. The van der Waals surface area contributed by atoms with Crippen molar-refractivity contribution >= 4 is 29.1 Å². The Hall–Kier alpha value is -2.37. The molecule has 0 aromatic heterocycles. The summed E-state index contributed by atoms with van der Waals surface area (Å²) in [6, 6.07) is 16.6. The molecule has 0 radical (unpaired) electrons. The number of hydroxylamine groups is 1. The number of hydrogen-bond acceptors (Lipinski definition) is 4. The zero-order chi connectivity index (χ0) is 19.0. The highest BCUT2D eigenvalue weighted by Gasteiger charge is 2.59. The van der Waals surface area contributed by atoms with Gasteiger partial charge in [0, 0.05) is 11.6 Å². The quantitative estimate of drug-likeness (QED) is 0.731. The van der Waals surface area contributed by atoms with Gasteiger partial charge in [-0.25, -0.2) is 5.06 Å². The van der Waals surface area contributed by atoms with Crippen molar-refractivity contribution in [2.24, 2.45) is 5.92 Å². The SMILES string of the molecule is CCCCN1C(=O)[C@@H]2[C@H](ON(c3ccc(Cl)cc3)[C@@H]2c2ccccc2)C1=O. The second-order valence-corrected chi connectivity index (χ2v) is 7.33. The highest BCUT2D eigenvalue weighted by molar-refractivity contribution is 6.30. The van der Waals surface area contributed by atoms with E-state index < -0.39 is 12.0 Å². The predicted molar refractivity (Wildman–Crippen MR) is 103 cm³/mol. The van der Waals surface area contributed by atoms with Gasteiger partial charge in [-0.2, -0.15) is 0 Å². The maximum Gasteiger partial charge on any atom is 0.261 e. The minimum absolute atomic E-state index is 0.149. The fourth-order valence-corrected chi connectivity index (χ4v) is 3.94. The van der Waals surface area contributed by atoms with E-state index in [1.165, 1.54) is 4.90 Å². The minimum atomic E-state index is -0.782. The standard InChI is InChI=1S/C21H21ClN2O3/c1-2-3-13-23-20(25)17-18(14-7-5-4-6-8-14)24(27-19(17)21(23)26)16-11-9-15(22)10-12-16/h4-12,17-19H,2-3,13H2,1H3/t17-,18+,19-/m0/s1. The molecule has 0 N–H and O–H groups in total. The lowest BCUT2D eigenvalue weighted by Crippen LogP contribution is -2.37. The first-order valence-electron chi connectivity index (χ1n) is 9.23. The summed E-state index contributed by atoms with van der Waals surface area (Å²) in [6.45, 7) is 2.49. The average Bonchev–Trinajstić information content (AvgIpc) is 3.19. The van der Waals surface area contributed by atoms with Crippen molar-refractivity contribution < 1.29 is 14.4 Å². The Balaban J connectivity index is 1.73. The van der Waals surface area contributed by atoms with Crippen LogP contribution in [-0.4, -0.2) is 29.4 Å². The Morgan fingerprint density at radius 1 is 1.00 bits per heavy atom. The van der Waals surface area contributed by atoms with Crippen LogP contribution in [0.5, 0.6) is 0 Å². The molecule has 2 aliphatic heterocycles. The lowest BCUT2D eigenvalue weighted by molar-refractivity contribution is -0.143. The van der Waals surface area contributed by atoms with Gasteiger partial charge in [-0.15, -0.1) is 0 Å². The molecular formula is C21H21ClN2O3. The lowest BCUT2D eigenvalue weighted by atomic mass is 9.90. The molecule has 6 heteroatoms. The van der Waals surface area contributed by atoms with E-state index in [1.54, 1.807) is 17.2 Å². The molecule has 140 valence electrons. The normalized spacial score (nSPS) is 24.6. The van der Waals surface area contributed by atoms with Crippen molar-refractivity contribution in [2.45, 2.75) is 31.9 Å². The van der Waals surface area contributed by atoms with Crippen LogP contribution in [0.25, 0.3) is 0 Å². The number of imide groups is 1. The van der Waals surface area contributed by atoms with Gasteiger partial charge in [0.05, 0.1) is 11.7 Å². The summed E-state index contributed by atoms with van der Waals surface area (Å²) in [4.78, 5) is 33.4. The maximum absolute atomic E-state index is 13.1. The molecule has 0 unspecified atom stereocenters. The number of benzene rings is 2. The zero-order valence-corrected chi connectivity index (χ0v) is 15.8. The van der Waals surface area contributed by atoms with E-state index in [2.05, 4.69) is 0 Å². The second-order valence-electron chi connectivity index (χ2n) is 6.89. The second kappa shape index (κ2) is 7.33. The van der Waals surface area contributed by atoms with E-state index >= 15 is 0 Å². The molecule has 2 heterocycles. The van der Waals surface area contributed by atoms with Crippen molar-refractivity contribution in [1.29, 1.82) is 0 Å². The maximum atomic E-state index is 13.1. The van der Waals surface area contributed by atoms with E-state index in [-0.39, 0.29) is 17.9 Å². The first-order chi connectivity index (χ1) is 13.1. The number of hydrogen-bond donors (Lipinski definition) is 0. The van der Waals surface area contributed by atoms with Crippen molar-refractivity contribution in [3.63, 3.8) is 0 Å². The molecule has 5 nitrogen and oxygen atoms in total. The van der Waals surface area contributed by atoms with Crippen LogP contribution in [0.15, 0.2) is 54.6 Å². The summed E-state index contributed by atoms with van der Waals surface area (Å²) >= 11 is 6.01. The predicted octanol–water partition coefficient (Wildman–Crippen LogP) is 3.99. The van der Waals surface area contributed by atoms with E-state index in [0.717, 1.165) is 24.1 Å². The fraction of sp³-hybridized carbons (Fsp3) is 0.333. The molecule has 2 aliphatic rings. The summed E-state index contributed by atoms with van der Waals surface area (Å²) in [6.07, 6.45) is 0.940. The number of carbonyl (C=O) groups excluding carboxylic acids is 2. The highest BCUT2D eigenvalue weighted by atomic mass is 35.5. The van der Waals surface area contributed by atoms with E-state index in [1.807, 2.05) is 49.4 Å². The summed E-state index contributed by atoms with van der Waals surface area (Å²) in [5.41, 5.74) is 1.71. The molecule has 2 amide bonds. The van der Waals surface area contributed by atoms with Gasteiger partial charge in [0.2, 0.25) is 5.91 Å². The third kappa shape index (κ3) is 3.11. The van der Waals surface area contributed by atoms with Gasteiger partial charge in [-0.05, 0) is 36.2 Å². The number of unbranched alkanes of at least 4 members (excludes halogenated alkanes) is 1. The number of nitrogens with zero attached hydrogens (tertiary/aromatic N) is 2. The number of anilines is 1. The average molecular weight is 385 g/mol. The van der Waals surface area contributed by atoms with Gasteiger partial charge in [-0.3, -0.25) is 19.3 Å². The van der Waals surface area contributed by atoms with Gasteiger partial charge in [0.15, 0.2) is 6.10 Å². The Labute approximate surface area is 163 Å². The van der Waals surface area contributed by atoms with Crippen LogP contribution in [0, 0.1) is 5.92 Å². The van der Waals surface area contributed by atoms with Crippen molar-refractivity contribution in [1.82, 2.24) is 4.90 Å². The molecule has 4 rings (SSSR count). The molecule has 2 aromatic rings. The fourth-order valence-electron chi connectivity index (χ4n) is 3.81. The monoisotopic (exact) mass is 384 g/mol. The lowest BCUT2D eigenvalue weighted by Gasteiger charge is -2.28. The highest BCUT2D eigenvalue weighted by Crippen LogP contribution is 2.46. The Bertz CT molecular complexity index is 840. The molecule has 0 spiro atoms. The third-order valence-corrected chi connectivity index (χ3v) is 5.42. The van der Waals surface area contributed by atoms with E-state index in [0.29, 0.717) is 11.6 Å².